The zero-order chi connectivity index (χ0) is 19.3. The highest BCUT2D eigenvalue weighted by Crippen LogP contribution is 2.23. The minimum atomic E-state index is -0.434. The van der Waals surface area contributed by atoms with Crippen molar-refractivity contribution >= 4 is 17.8 Å². The van der Waals surface area contributed by atoms with E-state index in [4.69, 9.17) is 9.47 Å². The fourth-order valence-electron chi connectivity index (χ4n) is 2.64. The van der Waals surface area contributed by atoms with Gasteiger partial charge in [-0.05, 0) is 44.5 Å². The Morgan fingerprint density at radius 3 is 2.65 bits per heavy atom. The van der Waals surface area contributed by atoms with Crippen LogP contribution >= 0.6 is 0 Å². The summed E-state index contributed by atoms with van der Waals surface area (Å²) in [5.41, 5.74) is 2.51. The van der Waals surface area contributed by atoms with E-state index in [-0.39, 0.29) is 12.2 Å². The van der Waals surface area contributed by atoms with E-state index < -0.39 is 11.8 Å². The third kappa shape index (κ3) is 3.83. The number of allylic oxidation sites excluding steroid dienone is 1. The van der Waals surface area contributed by atoms with Crippen LogP contribution in [-0.4, -0.2) is 30.5 Å². The van der Waals surface area contributed by atoms with Gasteiger partial charge in [0.15, 0.2) is 0 Å². The zero-order valence-corrected chi connectivity index (χ0v) is 15.2. The average molecular weight is 352 g/mol. The normalized spacial score (nSPS) is 11.0. The average Bonchev–Trinajstić information content (AvgIpc) is 2.92. The number of Topliss-reactive ketones (excluding diaryl/α,β-unsaturated/α-hetero) is 1. The van der Waals surface area contributed by atoms with Gasteiger partial charge in [0.05, 0.1) is 19.3 Å². The first-order valence-corrected chi connectivity index (χ1v) is 8.09. The van der Waals surface area contributed by atoms with E-state index in [1.165, 1.54) is 13.2 Å². The van der Waals surface area contributed by atoms with E-state index >= 15 is 0 Å². The molecule has 0 atom stereocenters. The molecule has 0 radical (unpaired) electrons. The van der Waals surface area contributed by atoms with E-state index in [1.54, 1.807) is 45.0 Å². The number of ketones is 1. The summed E-state index contributed by atoms with van der Waals surface area (Å²) in [6, 6.07) is 8.53. The number of hydrogen-bond donors (Lipinski definition) is 1. The smallest absolute Gasteiger partial charge is 0.340 e. The number of aromatic nitrogens is 1. The summed E-state index contributed by atoms with van der Waals surface area (Å²) in [6.45, 7) is 5.49. The number of carbonyl (C=O) groups excluding carboxylic acids is 2. The van der Waals surface area contributed by atoms with Crippen molar-refractivity contribution in [3.05, 3.63) is 57.9 Å². The molecule has 0 amide bonds. The number of benzene rings is 1. The second-order valence-electron chi connectivity index (χ2n) is 5.62. The van der Waals surface area contributed by atoms with Crippen LogP contribution in [0, 0.1) is 25.2 Å². The van der Waals surface area contributed by atoms with Gasteiger partial charge in [0.1, 0.15) is 17.4 Å². The monoisotopic (exact) mass is 352 g/mol. The third-order valence-electron chi connectivity index (χ3n) is 3.94. The molecule has 1 aromatic heterocycles. The Balaban J connectivity index is 2.43. The molecule has 1 heterocycles. The minimum Gasteiger partial charge on any atom is -0.497 e. The molecule has 6 nitrogen and oxygen atoms in total. The Kier molecular flexibility index (Phi) is 5.97. The van der Waals surface area contributed by atoms with Crippen molar-refractivity contribution in [2.45, 2.75) is 20.8 Å². The molecule has 0 aliphatic heterocycles. The van der Waals surface area contributed by atoms with Gasteiger partial charge in [-0.1, -0.05) is 12.1 Å². The van der Waals surface area contributed by atoms with Gasteiger partial charge in [0.2, 0.25) is 5.78 Å². The summed E-state index contributed by atoms with van der Waals surface area (Å²) in [5, 5.41) is 9.43. The number of nitriles is 1. The topological polar surface area (TPSA) is 92.2 Å². The fraction of sp³-hybridized carbons (Fsp3) is 0.250. The van der Waals surface area contributed by atoms with Crippen LogP contribution in [0.25, 0.3) is 6.08 Å². The van der Waals surface area contributed by atoms with Gasteiger partial charge >= 0.3 is 5.97 Å². The van der Waals surface area contributed by atoms with Crippen molar-refractivity contribution in [2.24, 2.45) is 0 Å². The molecule has 0 unspecified atom stereocenters. The minimum absolute atomic E-state index is 0.0435. The van der Waals surface area contributed by atoms with Crippen molar-refractivity contribution in [1.82, 2.24) is 4.98 Å². The van der Waals surface area contributed by atoms with Crippen molar-refractivity contribution in [3.8, 4) is 11.8 Å². The number of rotatable bonds is 6. The van der Waals surface area contributed by atoms with Crippen LogP contribution in [0.2, 0.25) is 0 Å². The Hall–Kier alpha value is -3.33. The highest BCUT2D eigenvalue weighted by Gasteiger charge is 2.20. The molecule has 0 spiro atoms. The molecule has 1 aromatic carbocycles. The maximum absolute atomic E-state index is 12.6. The van der Waals surface area contributed by atoms with Crippen LogP contribution in [0.15, 0.2) is 29.8 Å². The van der Waals surface area contributed by atoms with Gasteiger partial charge in [-0.25, -0.2) is 4.79 Å². The summed E-state index contributed by atoms with van der Waals surface area (Å²) >= 11 is 0. The van der Waals surface area contributed by atoms with E-state index in [0.717, 1.165) is 0 Å². The number of methoxy groups -OCH3 is 1. The maximum atomic E-state index is 12.6. The molecular weight excluding hydrogens is 332 g/mol. The first-order valence-electron chi connectivity index (χ1n) is 8.09. The molecule has 6 heteroatoms. The second-order valence-corrected chi connectivity index (χ2v) is 5.62. The Labute approximate surface area is 152 Å². The molecule has 134 valence electrons. The molecule has 0 aliphatic rings. The lowest BCUT2D eigenvalue weighted by molar-refractivity contribution is 0.0525. The van der Waals surface area contributed by atoms with Gasteiger partial charge in [-0.2, -0.15) is 5.26 Å². The number of nitrogens with one attached hydrogen (secondary N) is 1. The number of hydrogen-bond acceptors (Lipinski definition) is 5. The molecule has 0 fully saturated rings. The number of nitrogens with zero attached hydrogens (tertiary/aromatic N) is 1. The van der Waals surface area contributed by atoms with Gasteiger partial charge in [-0.3, -0.25) is 4.79 Å². The lowest BCUT2D eigenvalue weighted by Crippen LogP contribution is -2.06. The maximum Gasteiger partial charge on any atom is 0.340 e. The van der Waals surface area contributed by atoms with Crippen LogP contribution < -0.4 is 4.74 Å². The standard InChI is InChI=1S/C20H20N2O4/c1-5-26-20(24)18-12(2)17(22-13(18)3)10-15(11-21)19(23)14-7-6-8-16(9-14)25-4/h6-10,22H,5H2,1-4H3/b15-10+. The molecular formula is C20H20N2O4. The summed E-state index contributed by atoms with van der Waals surface area (Å²) in [7, 11) is 1.51. The van der Waals surface area contributed by atoms with Crippen LogP contribution in [-0.2, 0) is 4.74 Å². The summed E-state index contributed by atoms with van der Waals surface area (Å²) < 4.78 is 10.2. The summed E-state index contributed by atoms with van der Waals surface area (Å²) in [5.74, 6) is -0.323. The molecule has 2 aromatic rings. The molecule has 0 saturated heterocycles. The highest BCUT2D eigenvalue weighted by molar-refractivity contribution is 6.14. The second kappa shape index (κ2) is 8.17. The first-order chi connectivity index (χ1) is 12.4. The lowest BCUT2D eigenvalue weighted by atomic mass is 10.0. The third-order valence-corrected chi connectivity index (χ3v) is 3.94. The summed E-state index contributed by atoms with van der Waals surface area (Å²) in [4.78, 5) is 27.7. The van der Waals surface area contributed by atoms with Gasteiger partial charge in [0.25, 0.3) is 0 Å². The predicted molar refractivity (Wildman–Crippen MR) is 97.1 cm³/mol. The van der Waals surface area contributed by atoms with Crippen molar-refractivity contribution in [1.29, 1.82) is 5.26 Å². The number of aryl methyl sites for hydroxylation is 1. The van der Waals surface area contributed by atoms with Gasteiger partial charge < -0.3 is 14.5 Å². The number of ether oxygens (including phenoxy) is 2. The molecule has 0 saturated carbocycles. The van der Waals surface area contributed by atoms with E-state index in [0.29, 0.717) is 33.8 Å². The molecule has 1 N–H and O–H groups in total. The number of esters is 1. The van der Waals surface area contributed by atoms with E-state index in [1.807, 2.05) is 6.07 Å². The molecule has 2 rings (SSSR count). The zero-order valence-electron chi connectivity index (χ0n) is 15.2. The van der Waals surface area contributed by atoms with Crippen LogP contribution in [0.3, 0.4) is 0 Å². The van der Waals surface area contributed by atoms with Crippen LogP contribution in [0.4, 0.5) is 0 Å². The highest BCUT2D eigenvalue weighted by atomic mass is 16.5. The van der Waals surface area contributed by atoms with Crippen LogP contribution in [0.1, 0.15) is 44.6 Å². The number of H-pyrrole nitrogens is 1. The first kappa shape index (κ1) is 19.0. The predicted octanol–water partition coefficient (Wildman–Crippen LogP) is 3.61. The molecule has 0 aliphatic carbocycles. The molecule has 0 bridgehead atoms. The van der Waals surface area contributed by atoms with Crippen molar-refractivity contribution < 1.29 is 19.1 Å². The van der Waals surface area contributed by atoms with E-state index in [2.05, 4.69) is 4.98 Å². The SMILES string of the molecule is CCOC(=O)c1c(C)[nH]c(/C=C(\C#N)C(=O)c2cccc(OC)c2)c1C. The van der Waals surface area contributed by atoms with Gasteiger partial charge in [-0.15, -0.1) is 0 Å². The van der Waals surface area contributed by atoms with E-state index in [9.17, 15) is 14.9 Å². The largest absolute Gasteiger partial charge is 0.497 e. The number of carbonyl (C=O) groups is 2. The number of aromatic amines is 1. The Morgan fingerprint density at radius 2 is 2.04 bits per heavy atom. The quantitative estimate of drug-likeness (QED) is 0.371. The van der Waals surface area contributed by atoms with Gasteiger partial charge in [0, 0.05) is 17.0 Å². The Morgan fingerprint density at radius 1 is 1.31 bits per heavy atom. The Bertz CT molecular complexity index is 916. The van der Waals surface area contributed by atoms with Crippen molar-refractivity contribution in [2.75, 3.05) is 13.7 Å². The summed E-state index contributed by atoms with van der Waals surface area (Å²) in [6.07, 6.45) is 1.45. The fourth-order valence-corrected chi connectivity index (χ4v) is 2.64. The van der Waals surface area contributed by atoms with Crippen LogP contribution in [0.5, 0.6) is 5.75 Å². The lowest BCUT2D eigenvalue weighted by Gasteiger charge is -2.03. The molecule has 26 heavy (non-hydrogen) atoms. The van der Waals surface area contributed by atoms with Crippen molar-refractivity contribution in [3.63, 3.8) is 0 Å².